The predicted octanol–water partition coefficient (Wildman–Crippen LogP) is 2.19. The molecule has 2 rings (SSSR count). The molecular weight excluding hydrogens is 176 g/mol. The van der Waals surface area contributed by atoms with Gasteiger partial charge in [-0.3, -0.25) is 4.57 Å². The van der Waals surface area contributed by atoms with Crippen LogP contribution >= 0.6 is 0 Å². The van der Waals surface area contributed by atoms with E-state index in [1.807, 2.05) is 30.5 Å². The third-order valence-electron chi connectivity index (χ3n) is 2.39. The molecule has 0 saturated carbocycles. The lowest BCUT2D eigenvalue weighted by atomic mass is 10.2. The van der Waals surface area contributed by atoms with Crippen molar-refractivity contribution < 1.29 is 5.11 Å². The van der Waals surface area contributed by atoms with E-state index in [0.29, 0.717) is 0 Å². The summed E-state index contributed by atoms with van der Waals surface area (Å²) in [5, 5.41) is 9.65. The normalized spacial score (nSPS) is 10.4. The van der Waals surface area contributed by atoms with Gasteiger partial charge in [0.25, 0.3) is 0 Å². The van der Waals surface area contributed by atoms with E-state index < -0.39 is 0 Å². The molecule has 1 heterocycles. The lowest BCUT2D eigenvalue weighted by molar-refractivity contribution is 0.472. The maximum atomic E-state index is 9.65. The second kappa shape index (κ2) is 3.18. The van der Waals surface area contributed by atoms with Gasteiger partial charge in [0.15, 0.2) is 0 Å². The Balaban J connectivity index is 2.60. The fourth-order valence-electron chi connectivity index (χ4n) is 1.41. The Hall–Kier alpha value is -1.77. The van der Waals surface area contributed by atoms with Crippen molar-refractivity contribution in [3.63, 3.8) is 0 Å². The molecule has 0 amide bonds. The van der Waals surface area contributed by atoms with Crippen LogP contribution in [-0.4, -0.2) is 14.7 Å². The highest BCUT2D eigenvalue weighted by molar-refractivity contribution is 5.46. The number of para-hydroxylation sites is 2. The quantitative estimate of drug-likeness (QED) is 0.745. The van der Waals surface area contributed by atoms with Crippen molar-refractivity contribution in [2.45, 2.75) is 13.8 Å². The minimum atomic E-state index is 0.271. The molecule has 0 bridgehead atoms. The van der Waals surface area contributed by atoms with Gasteiger partial charge in [-0.25, -0.2) is 4.98 Å². The van der Waals surface area contributed by atoms with Gasteiger partial charge in [-0.2, -0.15) is 0 Å². The molecular formula is C11H12N2O. The minimum Gasteiger partial charge on any atom is -0.506 e. The summed E-state index contributed by atoms with van der Waals surface area (Å²) in [4.78, 5) is 4.19. The van der Waals surface area contributed by atoms with Crippen LogP contribution in [-0.2, 0) is 0 Å². The summed E-state index contributed by atoms with van der Waals surface area (Å²) >= 11 is 0. The molecule has 72 valence electrons. The van der Waals surface area contributed by atoms with Crippen LogP contribution < -0.4 is 0 Å². The van der Waals surface area contributed by atoms with Gasteiger partial charge in [-0.05, 0) is 26.0 Å². The Morgan fingerprint density at radius 1 is 1.21 bits per heavy atom. The van der Waals surface area contributed by atoms with Crippen molar-refractivity contribution in [2.24, 2.45) is 0 Å². The number of aromatic nitrogens is 2. The summed E-state index contributed by atoms with van der Waals surface area (Å²) in [6, 6.07) is 7.23. The van der Waals surface area contributed by atoms with Crippen molar-refractivity contribution >= 4 is 0 Å². The molecule has 14 heavy (non-hydrogen) atoms. The first-order valence-electron chi connectivity index (χ1n) is 4.49. The number of nitrogens with zero attached hydrogens (tertiary/aromatic N) is 2. The molecule has 3 nitrogen and oxygen atoms in total. The average molecular weight is 188 g/mol. The largest absolute Gasteiger partial charge is 0.506 e. The molecule has 0 aliphatic rings. The van der Waals surface area contributed by atoms with Crippen LogP contribution in [0.3, 0.4) is 0 Å². The highest BCUT2D eigenvalue weighted by Crippen LogP contribution is 2.22. The van der Waals surface area contributed by atoms with Gasteiger partial charge in [-0.1, -0.05) is 12.1 Å². The van der Waals surface area contributed by atoms with Gasteiger partial charge in [0.2, 0.25) is 0 Å². The molecule has 1 aromatic heterocycles. The van der Waals surface area contributed by atoms with Gasteiger partial charge in [-0.15, -0.1) is 0 Å². The standard InChI is InChI=1S/C11H12N2O/c1-8-9(2)13(7-12-8)10-5-3-4-6-11(10)14/h3-7,14H,1-2H3. The highest BCUT2D eigenvalue weighted by Gasteiger charge is 2.06. The Morgan fingerprint density at radius 2 is 1.93 bits per heavy atom. The summed E-state index contributed by atoms with van der Waals surface area (Å²) in [6.07, 6.45) is 1.72. The van der Waals surface area contributed by atoms with E-state index in [1.165, 1.54) is 0 Å². The summed E-state index contributed by atoms with van der Waals surface area (Å²) < 4.78 is 1.88. The molecule has 0 aliphatic carbocycles. The second-order valence-electron chi connectivity index (χ2n) is 3.27. The molecule has 0 fully saturated rings. The minimum absolute atomic E-state index is 0.271. The SMILES string of the molecule is Cc1ncn(-c2ccccc2O)c1C. The number of hydrogen-bond donors (Lipinski definition) is 1. The smallest absolute Gasteiger partial charge is 0.139 e. The van der Waals surface area contributed by atoms with Gasteiger partial charge in [0.05, 0.1) is 17.7 Å². The van der Waals surface area contributed by atoms with E-state index in [1.54, 1.807) is 18.5 Å². The van der Waals surface area contributed by atoms with Crippen LogP contribution in [0.1, 0.15) is 11.4 Å². The number of rotatable bonds is 1. The number of phenolic OH excluding ortho intramolecular Hbond substituents is 1. The van der Waals surface area contributed by atoms with E-state index in [9.17, 15) is 5.11 Å². The molecule has 0 radical (unpaired) electrons. The summed E-state index contributed by atoms with van der Waals surface area (Å²) in [5.41, 5.74) is 2.80. The lowest BCUT2D eigenvalue weighted by Crippen LogP contribution is -1.95. The van der Waals surface area contributed by atoms with Crippen molar-refractivity contribution in [3.8, 4) is 11.4 Å². The number of aromatic hydroxyl groups is 1. The van der Waals surface area contributed by atoms with Gasteiger partial charge in [0, 0.05) is 5.69 Å². The summed E-state index contributed by atoms with van der Waals surface area (Å²) in [7, 11) is 0. The van der Waals surface area contributed by atoms with E-state index in [0.717, 1.165) is 17.1 Å². The van der Waals surface area contributed by atoms with Crippen LogP contribution in [0, 0.1) is 13.8 Å². The first kappa shape index (κ1) is 8.81. The highest BCUT2D eigenvalue weighted by atomic mass is 16.3. The Labute approximate surface area is 82.7 Å². The fraction of sp³-hybridized carbons (Fsp3) is 0.182. The zero-order valence-corrected chi connectivity index (χ0v) is 8.23. The molecule has 0 saturated heterocycles. The van der Waals surface area contributed by atoms with Crippen molar-refractivity contribution in [1.82, 2.24) is 9.55 Å². The molecule has 0 atom stereocenters. The maximum Gasteiger partial charge on any atom is 0.139 e. The van der Waals surface area contributed by atoms with Crippen LogP contribution in [0.4, 0.5) is 0 Å². The molecule has 1 N–H and O–H groups in total. The number of aryl methyl sites for hydroxylation is 1. The molecule has 0 unspecified atom stereocenters. The van der Waals surface area contributed by atoms with Gasteiger partial charge < -0.3 is 5.11 Å². The van der Waals surface area contributed by atoms with E-state index in [-0.39, 0.29) is 5.75 Å². The van der Waals surface area contributed by atoms with Crippen LogP contribution in [0.25, 0.3) is 5.69 Å². The maximum absolute atomic E-state index is 9.65. The molecule has 2 aromatic rings. The third kappa shape index (κ3) is 1.27. The lowest BCUT2D eigenvalue weighted by Gasteiger charge is -2.06. The van der Waals surface area contributed by atoms with Crippen molar-refractivity contribution in [1.29, 1.82) is 0 Å². The molecule has 0 aliphatic heterocycles. The third-order valence-corrected chi connectivity index (χ3v) is 2.39. The zero-order chi connectivity index (χ0) is 10.1. The number of imidazole rings is 1. The number of hydrogen-bond acceptors (Lipinski definition) is 2. The summed E-state index contributed by atoms with van der Waals surface area (Å²) in [6.45, 7) is 3.93. The summed E-state index contributed by atoms with van der Waals surface area (Å²) in [5.74, 6) is 0.271. The van der Waals surface area contributed by atoms with E-state index >= 15 is 0 Å². The predicted molar refractivity (Wildman–Crippen MR) is 54.7 cm³/mol. The molecule has 1 aromatic carbocycles. The molecule has 0 spiro atoms. The van der Waals surface area contributed by atoms with Crippen LogP contribution in [0.15, 0.2) is 30.6 Å². The van der Waals surface area contributed by atoms with Crippen LogP contribution in [0.5, 0.6) is 5.75 Å². The van der Waals surface area contributed by atoms with E-state index in [4.69, 9.17) is 0 Å². The topological polar surface area (TPSA) is 38.0 Å². The van der Waals surface area contributed by atoms with E-state index in [2.05, 4.69) is 4.98 Å². The first-order valence-corrected chi connectivity index (χ1v) is 4.49. The van der Waals surface area contributed by atoms with Gasteiger partial charge >= 0.3 is 0 Å². The van der Waals surface area contributed by atoms with Gasteiger partial charge in [0.1, 0.15) is 5.75 Å². The average Bonchev–Trinajstić information content (AvgIpc) is 2.49. The van der Waals surface area contributed by atoms with Crippen molar-refractivity contribution in [3.05, 3.63) is 42.0 Å². The Bertz CT molecular complexity index is 460. The zero-order valence-electron chi connectivity index (χ0n) is 8.23. The number of phenols is 1. The number of benzene rings is 1. The van der Waals surface area contributed by atoms with Crippen molar-refractivity contribution in [2.75, 3.05) is 0 Å². The Kier molecular flexibility index (Phi) is 2.00. The monoisotopic (exact) mass is 188 g/mol. The Morgan fingerprint density at radius 3 is 2.50 bits per heavy atom. The molecule has 3 heteroatoms. The first-order chi connectivity index (χ1) is 6.70. The second-order valence-corrected chi connectivity index (χ2v) is 3.27. The van der Waals surface area contributed by atoms with Crippen LogP contribution in [0.2, 0.25) is 0 Å². The fourth-order valence-corrected chi connectivity index (χ4v) is 1.41.